The number of aromatic nitrogens is 2. The van der Waals surface area contributed by atoms with E-state index < -0.39 is 0 Å². The van der Waals surface area contributed by atoms with Crippen molar-refractivity contribution in [2.45, 2.75) is 52.2 Å². The Morgan fingerprint density at radius 2 is 2.06 bits per heavy atom. The zero-order chi connectivity index (χ0) is 13.3. The number of likely N-dealkylation sites (tertiary alicyclic amines) is 1. The lowest BCUT2D eigenvalue weighted by atomic mass is 9.80. The van der Waals surface area contributed by atoms with Gasteiger partial charge in [0, 0.05) is 37.4 Å². The van der Waals surface area contributed by atoms with Crippen LogP contribution in [0, 0.1) is 5.92 Å². The number of nitrogens with zero attached hydrogens (tertiary/aromatic N) is 3. The third kappa shape index (κ3) is 2.59. The first-order chi connectivity index (χ1) is 8.44. The van der Waals surface area contributed by atoms with Crippen molar-refractivity contribution in [1.82, 2.24) is 14.7 Å². The highest BCUT2D eigenvalue weighted by Gasteiger charge is 2.41. The van der Waals surface area contributed by atoms with Gasteiger partial charge in [0.25, 0.3) is 0 Å². The van der Waals surface area contributed by atoms with E-state index in [1.54, 1.807) is 0 Å². The smallest absolute Gasteiger partial charge is 0.0764 e. The molecule has 1 atom stereocenters. The van der Waals surface area contributed by atoms with Crippen LogP contribution in [0.5, 0.6) is 0 Å². The molecule has 1 aliphatic heterocycles. The Morgan fingerprint density at radius 1 is 1.39 bits per heavy atom. The molecule has 1 aromatic heterocycles. The van der Waals surface area contributed by atoms with Gasteiger partial charge in [0.1, 0.15) is 0 Å². The summed E-state index contributed by atoms with van der Waals surface area (Å²) >= 11 is 0. The molecule has 1 fully saturated rings. The average Bonchev–Trinajstić information content (AvgIpc) is 2.74. The molecule has 2 N–H and O–H groups in total. The summed E-state index contributed by atoms with van der Waals surface area (Å²) < 4.78 is 2.06. The highest BCUT2D eigenvalue weighted by Crippen LogP contribution is 2.27. The van der Waals surface area contributed by atoms with E-state index in [2.05, 4.69) is 54.6 Å². The normalized spacial score (nSPS) is 21.0. The molecule has 4 heteroatoms. The zero-order valence-electron chi connectivity index (χ0n) is 12.1. The summed E-state index contributed by atoms with van der Waals surface area (Å²) in [5.41, 5.74) is 7.46. The summed E-state index contributed by atoms with van der Waals surface area (Å²) in [5, 5.41) is 4.63. The first-order valence-corrected chi connectivity index (χ1v) is 7.00. The molecule has 0 aromatic carbocycles. The predicted molar refractivity (Wildman–Crippen MR) is 74.3 cm³/mol. The summed E-state index contributed by atoms with van der Waals surface area (Å²) in [7, 11) is 0. The molecule has 0 spiro atoms. The maximum atomic E-state index is 6.30. The topological polar surface area (TPSA) is 47.1 Å². The second kappa shape index (κ2) is 5.02. The molecule has 0 aliphatic carbocycles. The van der Waals surface area contributed by atoms with Crippen molar-refractivity contribution in [3.05, 3.63) is 18.0 Å². The molecule has 0 saturated carbocycles. The molecule has 1 aliphatic rings. The van der Waals surface area contributed by atoms with Crippen LogP contribution in [-0.4, -0.2) is 33.3 Å². The third-order valence-corrected chi connectivity index (χ3v) is 4.28. The summed E-state index contributed by atoms with van der Waals surface area (Å²) in [6.45, 7) is 11.7. The van der Waals surface area contributed by atoms with Crippen LogP contribution in [0.2, 0.25) is 0 Å². The Labute approximate surface area is 110 Å². The van der Waals surface area contributed by atoms with E-state index in [1.807, 2.05) is 0 Å². The van der Waals surface area contributed by atoms with Crippen LogP contribution < -0.4 is 5.73 Å². The maximum Gasteiger partial charge on any atom is 0.0764 e. The molecule has 1 unspecified atom stereocenters. The van der Waals surface area contributed by atoms with Crippen molar-refractivity contribution in [3.8, 4) is 0 Å². The zero-order valence-corrected chi connectivity index (χ0v) is 12.1. The molecule has 102 valence electrons. The molecule has 1 aromatic rings. The fraction of sp³-hybridized carbons (Fsp3) is 0.786. The quantitative estimate of drug-likeness (QED) is 0.869. The van der Waals surface area contributed by atoms with Crippen molar-refractivity contribution in [2.24, 2.45) is 11.7 Å². The number of nitrogens with two attached hydrogens (primary N) is 1. The fourth-order valence-electron chi connectivity index (χ4n) is 2.39. The van der Waals surface area contributed by atoms with Crippen LogP contribution in [0.25, 0.3) is 0 Å². The lowest BCUT2D eigenvalue weighted by molar-refractivity contribution is 0.0302. The molecule has 2 heterocycles. The van der Waals surface area contributed by atoms with Gasteiger partial charge >= 0.3 is 0 Å². The number of rotatable bonds is 5. The molecular formula is C14H26N4. The molecule has 18 heavy (non-hydrogen) atoms. The predicted octanol–water partition coefficient (Wildman–Crippen LogP) is 2.02. The van der Waals surface area contributed by atoms with E-state index in [-0.39, 0.29) is 5.54 Å². The van der Waals surface area contributed by atoms with Crippen molar-refractivity contribution in [2.75, 3.05) is 13.1 Å². The van der Waals surface area contributed by atoms with Crippen LogP contribution in [0.15, 0.2) is 12.3 Å². The molecule has 0 amide bonds. The van der Waals surface area contributed by atoms with Crippen LogP contribution in [0.4, 0.5) is 0 Å². The minimum absolute atomic E-state index is 0.0132. The summed E-state index contributed by atoms with van der Waals surface area (Å²) in [6.07, 6.45) is 3.20. The largest absolute Gasteiger partial charge is 0.323 e. The molecule has 2 rings (SSSR count). The SMILES string of the molecule is CCC(C)n1ccc(CN2CC(N)(C(C)C)C2)n1. The monoisotopic (exact) mass is 250 g/mol. The van der Waals surface area contributed by atoms with Crippen LogP contribution in [0.3, 0.4) is 0 Å². The van der Waals surface area contributed by atoms with E-state index >= 15 is 0 Å². The van der Waals surface area contributed by atoms with Gasteiger partial charge in [-0.25, -0.2) is 0 Å². The lowest BCUT2D eigenvalue weighted by Gasteiger charge is -2.50. The van der Waals surface area contributed by atoms with Crippen LogP contribution in [0.1, 0.15) is 45.9 Å². The fourth-order valence-corrected chi connectivity index (χ4v) is 2.39. The van der Waals surface area contributed by atoms with E-state index in [9.17, 15) is 0 Å². The molecular weight excluding hydrogens is 224 g/mol. The lowest BCUT2D eigenvalue weighted by Crippen LogP contribution is -2.69. The van der Waals surface area contributed by atoms with Gasteiger partial charge in [-0.1, -0.05) is 20.8 Å². The van der Waals surface area contributed by atoms with Crippen molar-refractivity contribution >= 4 is 0 Å². The highest BCUT2D eigenvalue weighted by atomic mass is 15.3. The molecule has 0 bridgehead atoms. The summed E-state index contributed by atoms with van der Waals surface area (Å²) in [4.78, 5) is 2.38. The Bertz CT molecular complexity index is 390. The van der Waals surface area contributed by atoms with Gasteiger partial charge in [-0.2, -0.15) is 5.10 Å². The van der Waals surface area contributed by atoms with E-state index in [4.69, 9.17) is 5.73 Å². The molecule has 4 nitrogen and oxygen atoms in total. The Balaban J connectivity index is 1.87. The van der Waals surface area contributed by atoms with Gasteiger partial charge in [-0.05, 0) is 25.3 Å². The van der Waals surface area contributed by atoms with Gasteiger partial charge in [0.05, 0.1) is 5.69 Å². The minimum Gasteiger partial charge on any atom is -0.323 e. The van der Waals surface area contributed by atoms with E-state index in [0.717, 1.165) is 31.7 Å². The van der Waals surface area contributed by atoms with Crippen molar-refractivity contribution in [3.63, 3.8) is 0 Å². The first kappa shape index (κ1) is 13.6. The van der Waals surface area contributed by atoms with Gasteiger partial charge in [-0.15, -0.1) is 0 Å². The Hall–Kier alpha value is -0.870. The van der Waals surface area contributed by atoms with Crippen LogP contribution in [-0.2, 0) is 6.54 Å². The second-order valence-corrected chi connectivity index (χ2v) is 6.08. The van der Waals surface area contributed by atoms with Crippen molar-refractivity contribution < 1.29 is 0 Å². The standard InChI is InChI=1S/C14H26N4/c1-5-12(4)18-7-6-13(16-18)8-17-9-14(15,10-17)11(2)3/h6-7,11-12H,5,8-10,15H2,1-4H3. The maximum absolute atomic E-state index is 6.30. The van der Waals surface area contributed by atoms with Gasteiger partial charge in [0.15, 0.2) is 0 Å². The van der Waals surface area contributed by atoms with E-state index in [0.29, 0.717) is 12.0 Å². The summed E-state index contributed by atoms with van der Waals surface area (Å²) in [5.74, 6) is 0.548. The Morgan fingerprint density at radius 3 is 2.61 bits per heavy atom. The first-order valence-electron chi connectivity index (χ1n) is 7.00. The average molecular weight is 250 g/mol. The van der Waals surface area contributed by atoms with Gasteiger partial charge in [0.2, 0.25) is 0 Å². The summed E-state index contributed by atoms with van der Waals surface area (Å²) in [6, 6.07) is 2.61. The van der Waals surface area contributed by atoms with Crippen molar-refractivity contribution in [1.29, 1.82) is 0 Å². The minimum atomic E-state index is 0.0132. The van der Waals surface area contributed by atoms with Crippen LogP contribution >= 0.6 is 0 Å². The number of hydrogen-bond donors (Lipinski definition) is 1. The molecule has 0 radical (unpaired) electrons. The number of hydrogen-bond acceptors (Lipinski definition) is 3. The van der Waals surface area contributed by atoms with E-state index in [1.165, 1.54) is 0 Å². The second-order valence-electron chi connectivity index (χ2n) is 6.08. The highest BCUT2D eigenvalue weighted by molar-refractivity contribution is 5.06. The third-order valence-electron chi connectivity index (χ3n) is 4.28. The molecule has 1 saturated heterocycles. The Kier molecular flexibility index (Phi) is 3.78. The van der Waals surface area contributed by atoms with Gasteiger partial charge in [-0.3, -0.25) is 9.58 Å². The van der Waals surface area contributed by atoms with Gasteiger partial charge < -0.3 is 5.73 Å².